The van der Waals surface area contributed by atoms with Crippen LogP contribution in [0.2, 0.25) is 0 Å². The Morgan fingerprint density at radius 2 is 1.85 bits per heavy atom. The van der Waals surface area contributed by atoms with Gasteiger partial charge in [0.2, 0.25) is 0 Å². The Morgan fingerprint density at radius 3 is 2.67 bits per heavy atom. The first-order valence-corrected chi connectivity index (χ1v) is 9.41. The van der Waals surface area contributed by atoms with Crippen LogP contribution in [0, 0.1) is 0 Å². The molecule has 0 saturated heterocycles. The Hall–Kier alpha value is -3.12. The number of nitrogens with zero attached hydrogens (tertiary/aromatic N) is 2. The summed E-state index contributed by atoms with van der Waals surface area (Å²) in [6, 6.07) is 20.9. The number of ether oxygens (including phenoxy) is 1. The molecule has 2 aromatic carbocycles. The fraction of sp³-hybridized carbons (Fsp3) is 0.143. The zero-order valence-corrected chi connectivity index (χ0v) is 15.6. The Labute approximate surface area is 160 Å². The molecule has 4 rings (SSSR count). The summed E-state index contributed by atoms with van der Waals surface area (Å²) in [5.74, 6) is 1.51. The predicted octanol–water partition coefficient (Wildman–Crippen LogP) is 4.71. The maximum atomic E-state index is 12.6. The molecular formula is C21H18N2O3S. The second-order valence-electron chi connectivity index (χ2n) is 6.04. The van der Waals surface area contributed by atoms with Gasteiger partial charge in [-0.05, 0) is 36.4 Å². The molecule has 0 bridgehead atoms. The summed E-state index contributed by atoms with van der Waals surface area (Å²) in [6.07, 6.45) is 0. The van der Waals surface area contributed by atoms with E-state index in [1.54, 1.807) is 35.4 Å². The lowest BCUT2D eigenvalue weighted by atomic mass is 10.3. The zero-order valence-electron chi connectivity index (χ0n) is 14.8. The average molecular weight is 378 g/mol. The summed E-state index contributed by atoms with van der Waals surface area (Å²) in [7, 11) is 1.73. The standard InChI is InChI=1S/C21H18N2O3S/c1-23(13-14-25-15-7-3-2-4-8-15)21(24)18-12-11-17(26-18)20-22-16-9-5-6-10-19(16)27-20/h2-12H,13-14H2,1H3. The number of fused-ring (bicyclic) bond motifs is 1. The summed E-state index contributed by atoms with van der Waals surface area (Å²) in [5.41, 5.74) is 0.928. The van der Waals surface area contributed by atoms with Crippen LogP contribution in [-0.4, -0.2) is 36.0 Å². The molecule has 0 N–H and O–H groups in total. The van der Waals surface area contributed by atoms with Crippen LogP contribution in [0.4, 0.5) is 0 Å². The van der Waals surface area contributed by atoms with Gasteiger partial charge in [-0.3, -0.25) is 4.79 Å². The number of para-hydroxylation sites is 2. The van der Waals surface area contributed by atoms with Gasteiger partial charge in [0.25, 0.3) is 5.91 Å². The lowest BCUT2D eigenvalue weighted by Crippen LogP contribution is -2.30. The molecule has 6 heteroatoms. The Bertz CT molecular complexity index is 1020. The van der Waals surface area contributed by atoms with E-state index in [2.05, 4.69) is 4.98 Å². The first kappa shape index (κ1) is 17.3. The molecule has 0 atom stereocenters. The van der Waals surface area contributed by atoms with Crippen molar-refractivity contribution >= 4 is 27.5 Å². The van der Waals surface area contributed by atoms with Crippen molar-refractivity contribution in [1.29, 1.82) is 0 Å². The maximum absolute atomic E-state index is 12.6. The van der Waals surface area contributed by atoms with Gasteiger partial charge in [-0.15, -0.1) is 11.3 Å². The Balaban J connectivity index is 1.40. The molecule has 0 spiro atoms. The number of carbonyl (C=O) groups is 1. The molecule has 2 heterocycles. The lowest BCUT2D eigenvalue weighted by molar-refractivity contribution is 0.0743. The molecule has 0 radical (unpaired) electrons. The molecule has 27 heavy (non-hydrogen) atoms. The van der Waals surface area contributed by atoms with Crippen molar-refractivity contribution in [3.05, 3.63) is 72.5 Å². The smallest absolute Gasteiger partial charge is 0.289 e. The second kappa shape index (κ2) is 7.63. The van der Waals surface area contributed by atoms with Crippen molar-refractivity contribution in [2.75, 3.05) is 20.2 Å². The van der Waals surface area contributed by atoms with Gasteiger partial charge in [0.1, 0.15) is 12.4 Å². The highest BCUT2D eigenvalue weighted by Crippen LogP contribution is 2.31. The minimum atomic E-state index is -0.181. The molecule has 4 aromatic rings. The summed E-state index contributed by atoms with van der Waals surface area (Å²) in [4.78, 5) is 18.7. The van der Waals surface area contributed by atoms with E-state index in [-0.39, 0.29) is 5.91 Å². The van der Waals surface area contributed by atoms with Crippen molar-refractivity contribution < 1.29 is 13.9 Å². The quantitative estimate of drug-likeness (QED) is 0.488. The van der Waals surface area contributed by atoms with Crippen LogP contribution in [0.5, 0.6) is 5.75 Å². The Morgan fingerprint density at radius 1 is 1.07 bits per heavy atom. The van der Waals surface area contributed by atoms with Crippen molar-refractivity contribution in [2.45, 2.75) is 0 Å². The van der Waals surface area contributed by atoms with Crippen LogP contribution >= 0.6 is 11.3 Å². The number of amides is 1. The van der Waals surface area contributed by atoms with Crippen LogP contribution in [0.15, 0.2) is 71.1 Å². The molecule has 0 aliphatic carbocycles. The third kappa shape index (κ3) is 3.85. The van der Waals surface area contributed by atoms with Gasteiger partial charge >= 0.3 is 0 Å². The number of hydrogen-bond acceptors (Lipinski definition) is 5. The summed E-state index contributed by atoms with van der Waals surface area (Å²) < 4.78 is 12.5. The highest BCUT2D eigenvalue weighted by molar-refractivity contribution is 7.21. The van der Waals surface area contributed by atoms with Gasteiger partial charge in [-0.2, -0.15) is 0 Å². The number of hydrogen-bond donors (Lipinski definition) is 0. The third-order valence-corrected chi connectivity index (χ3v) is 5.16. The molecule has 136 valence electrons. The normalized spacial score (nSPS) is 10.9. The number of furan rings is 1. The third-order valence-electron chi connectivity index (χ3n) is 4.11. The predicted molar refractivity (Wildman–Crippen MR) is 106 cm³/mol. The van der Waals surface area contributed by atoms with E-state index >= 15 is 0 Å². The summed E-state index contributed by atoms with van der Waals surface area (Å²) in [6.45, 7) is 0.878. The van der Waals surface area contributed by atoms with E-state index in [0.717, 1.165) is 21.0 Å². The highest BCUT2D eigenvalue weighted by Gasteiger charge is 2.18. The topological polar surface area (TPSA) is 55.6 Å². The fourth-order valence-electron chi connectivity index (χ4n) is 2.65. The lowest BCUT2D eigenvalue weighted by Gasteiger charge is -2.16. The number of rotatable bonds is 6. The second-order valence-corrected chi connectivity index (χ2v) is 7.07. The van der Waals surface area contributed by atoms with Gasteiger partial charge in [-0.25, -0.2) is 4.98 Å². The molecule has 5 nitrogen and oxygen atoms in total. The molecule has 1 amide bonds. The van der Waals surface area contributed by atoms with Crippen LogP contribution in [0.1, 0.15) is 10.6 Å². The molecular weight excluding hydrogens is 360 g/mol. The minimum absolute atomic E-state index is 0.181. The maximum Gasteiger partial charge on any atom is 0.289 e. The summed E-state index contributed by atoms with van der Waals surface area (Å²) >= 11 is 1.55. The number of benzene rings is 2. The first-order chi connectivity index (χ1) is 13.2. The fourth-order valence-corrected chi connectivity index (χ4v) is 3.58. The van der Waals surface area contributed by atoms with E-state index in [1.165, 1.54) is 0 Å². The first-order valence-electron chi connectivity index (χ1n) is 8.60. The number of carbonyl (C=O) groups excluding carboxylic acids is 1. The van der Waals surface area contributed by atoms with E-state index in [0.29, 0.717) is 24.7 Å². The van der Waals surface area contributed by atoms with E-state index < -0.39 is 0 Å². The molecule has 0 fully saturated rings. The van der Waals surface area contributed by atoms with Crippen LogP contribution in [0.25, 0.3) is 21.0 Å². The van der Waals surface area contributed by atoms with Crippen molar-refractivity contribution in [1.82, 2.24) is 9.88 Å². The van der Waals surface area contributed by atoms with Gasteiger partial charge in [0, 0.05) is 7.05 Å². The zero-order chi connectivity index (χ0) is 18.6. The summed E-state index contributed by atoms with van der Waals surface area (Å²) in [5, 5.41) is 0.769. The highest BCUT2D eigenvalue weighted by atomic mass is 32.1. The number of likely N-dealkylation sites (N-methyl/N-ethyl adjacent to an activating group) is 1. The largest absolute Gasteiger partial charge is 0.492 e. The molecule has 0 aliphatic heterocycles. The van der Waals surface area contributed by atoms with Gasteiger partial charge in [-0.1, -0.05) is 30.3 Å². The van der Waals surface area contributed by atoms with Crippen LogP contribution in [-0.2, 0) is 0 Å². The number of aromatic nitrogens is 1. The van der Waals surface area contributed by atoms with Gasteiger partial charge in [0.15, 0.2) is 16.5 Å². The minimum Gasteiger partial charge on any atom is -0.492 e. The Kier molecular flexibility index (Phi) is 4.89. The van der Waals surface area contributed by atoms with Gasteiger partial charge in [0.05, 0.1) is 16.8 Å². The molecule has 0 unspecified atom stereocenters. The van der Waals surface area contributed by atoms with Gasteiger partial charge < -0.3 is 14.1 Å². The van der Waals surface area contributed by atoms with Crippen molar-refractivity contribution in [3.63, 3.8) is 0 Å². The van der Waals surface area contributed by atoms with E-state index in [4.69, 9.17) is 9.15 Å². The van der Waals surface area contributed by atoms with Crippen LogP contribution < -0.4 is 4.74 Å². The van der Waals surface area contributed by atoms with E-state index in [9.17, 15) is 4.79 Å². The SMILES string of the molecule is CN(CCOc1ccccc1)C(=O)c1ccc(-c2nc3ccccc3s2)o1. The van der Waals surface area contributed by atoms with Crippen molar-refractivity contribution in [3.8, 4) is 16.5 Å². The number of thiazole rings is 1. The molecule has 0 aliphatic rings. The van der Waals surface area contributed by atoms with Crippen LogP contribution in [0.3, 0.4) is 0 Å². The van der Waals surface area contributed by atoms with Crippen molar-refractivity contribution in [2.24, 2.45) is 0 Å². The molecule has 0 saturated carbocycles. The molecule has 2 aromatic heterocycles. The monoisotopic (exact) mass is 378 g/mol. The average Bonchev–Trinajstić information content (AvgIpc) is 3.35. The van der Waals surface area contributed by atoms with E-state index in [1.807, 2.05) is 54.6 Å².